The Morgan fingerprint density at radius 3 is 2.80 bits per heavy atom. The van der Waals surface area contributed by atoms with Crippen molar-refractivity contribution in [3.05, 3.63) is 63.7 Å². The van der Waals surface area contributed by atoms with E-state index >= 15 is 0 Å². The lowest BCUT2D eigenvalue weighted by atomic mass is 9.97. The minimum atomic E-state index is -0.0814. The fourth-order valence-electron chi connectivity index (χ4n) is 4.10. The third-order valence-corrected chi connectivity index (χ3v) is 5.80. The Bertz CT molecular complexity index is 1050. The van der Waals surface area contributed by atoms with Crippen molar-refractivity contribution in [2.24, 2.45) is 5.92 Å². The summed E-state index contributed by atoms with van der Waals surface area (Å²) in [6, 6.07) is 11.6. The summed E-state index contributed by atoms with van der Waals surface area (Å²) in [6.45, 7) is 6.46. The van der Waals surface area contributed by atoms with Gasteiger partial charge in [0.05, 0.1) is 18.8 Å². The third-order valence-electron chi connectivity index (χ3n) is 5.80. The summed E-state index contributed by atoms with van der Waals surface area (Å²) in [5, 5.41) is 6.82. The van der Waals surface area contributed by atoms with Crippen LogP contribution >= 0.6 is 0 Å². The van der Waals surface area contributed by atoms with Gasteiger partial charge in [0.15, 0.2) is 5.65 Å². The normalized spacial score (nSPS) is 16.3. The molecule has 1 aliphatic rings. The largest absolute Gasteiger partial charge is 0.497 e. The van der Waals surface area contributed by atoms with E-state index in [1.165, 1.54) is 0 Å². The lowest BCUT2D eigenvalue weighted by Gasteiger charge is -2.22. The SMILES string of the molecule is COc1cccc(CN[C@H](c2cc(=O)n3[nH]c(C4CCOCC4)cc3n2)C(C)C)c1. The van der Waals surface area contributed by atoms with Gasteiger partial charge in [0.1, 0.15) is 5.75 Å². The van der Waals surface area contributed by atoms with Crippen LogP contribution in [0.25, 0.3) is 5.65 Å². The van der Waals surface area contributed by atoms with Crippen LogP contribution in [0.2, 0.25) is 0 Å². The van der Waals surface area contributed by atoms with Crippen LogP contribution in [0.1, 0.15) is 55.6 Å². The maximum atomic E-state index is 12.8. The number of aromatic amines is 1. The number of H-pyrrole nitrogens is 1. The summed E-state index contributed by atoms with van der Waals surface area (Å²) >= 11 is 0. The van der Waals surface area contributed by atoms with Gasteiger partial charge in [0, 0.05) is 43.5 Å². The average Bonchev–Trinajstić information content (AvgIpc) is 3.19. The molecule has 1 aliphatic heterocycles. The van der Waals surface area contributed by atoms with Crippen molar-refractivity contribution in [1.82, 2.24) is 19.9 Å². The van der Waals surface area contributed by atoms with E-state index in [1.807, 2.05) is 24.3 Å². The maximum Gasteiger partial charge on any atom is 0.272 e. The van der Waals surface area contributed by atoms with Crippen molar-refractivity contribution in [2.45, 2.75) is 45.2 Å². The topological polar surface area (TPSA) is 80.6 Å². The first-order valence-electron chi connectivity index (χ1n) is 10.6. The zero-order valence-electron chi connectivity index (χ0n) is 17.9. The smallest absolute Gasteiger partial charge is 0.272 e. The number of nitrogens with zero attached hydrogens (tertiary/aromatic N) is 2. The molecule has 0 radical (unpaired) electrons. The second-order valence-electron chi connectivity index (χ2n) is 8.27. The molecular weight excluding hydrogens is 380 g/mol. The highest BCUT2D eigenvalue weighted by molar-refractivity contribution is 5.41. The van der Waals surface area contributed by atoms with Gasteiger partial charge in [0.25, 0.3) is 5.56 Å². The Labute approximate surface area is 176 Å². The molecule has 7 heteroatoms. The molecule has 4 rings (SSSR count). The monoisotopic (exact) mass is 410 g/mol. The molecule has 0 bridgehead atoms. The first-order chi connectivity index (χ1) is 14.5. The Morgan fingerprint density at radius 1 is 1.27 bits per heavy atom. The zero-order valence-corrected chi connectivity index (χ0v) is 17.9. The van der Waals surface area contributed by atoms with E-state index < -0.39 is 0 Å². The Hall–Kier alpha value is -2.64. The molecule has 160 valence electrons. The lowest BCUT2D eigenvalue weighted by molar-refractivity contribution is 0.0844. The van der Waals surface area contributed by atoms with Crippen LogP contribution in [0, 0.1) is 5.92 Å². The molecule has 0 unspecified atom stereocenters. The molecule has 2 N–H and O–H groups in total. The minimum Gasteiger partial charge on any atom is -0.497 e. The summed E-state index contributed by atoms with van der Waals surface area (Å²) in [7, 11) is 1.67. The molecule has 0 spiro atoms. The van der Waals surface area contributed by atoms with Crippen LogP contribution in [-0.2, 0) is 11.3 Å². The first kappa shape index (κ1) is 20.6. The molecule has 0 aliphatic carbocycles. The highest BCUT2D eigenvalue weighted by atomic mass is 16.5. The molecule has 3 heterocycles. The quantitative estimate of drug-likeness (QED) is 0.624. The lowest BCUT2D eigenvalue weighted by Crippen LogP contribution is -2.28. The number of aromatic nitrogens is 3. The van der Waals surface area contributed by atoms with Crippen molar-refractivity contribution in [3.63, 3.8) is 0 Å². The first-order valence-corrected chi connectivity index (χ1v) is 10.6. The van der Waals surface area contributed by atoms with E-state index in [-0.39, 0.29) is 17.5 Å². The number of nitrogens with one attached hydrogen (secondary N) is 2. The second-order valence-corrected chi connectivity index (χ2v) is 8.27. The van der Waals surface area contributed by atoms with Gasteiger partial charge in [0.2, 0.25) is 0 Å². The minimum absolute atomic E-state index is 0.0321. The molecule has 0 saturated carbocycles. The van der Waals surface area contributed by atoms with Gasteiger partial charge in [-0.05, 0) is 36.5 Å². The van der Waals surface area contributed by atoms with E-state index in [2.05, 4.69) is 30.3 Å². The van der Waals surface area contributed by atoms with Crippen molar-refractivity contribution in [1.29, 1.82) is 0 Å². The number of benzene rings is 1. The Balaban J connectivity index is 1.59. The molecule has 7 nitrogen and oxygen atoms in total. The predicted molar refractivity (Wildman–Crippen MR) is 116 cm³/mol. The van der Waals surface area contributed by atoms with Crippen molar-refractivity contribution in [3.8, 4) is 5.75 Å². The zero-order chi connectivity index (χ0) is 21.1. The third kappa shape index (κ3) is 4.42. The van der Waals surface area contributed by atoms with Crippen LogP contribution in [0.5, 0.6) is 5.75 Å². The molecule has 1 atom stereocenters. The number of fused-ring (bicyclic) bond motifs is 1. The van der Waals surface area contributed by atoms with E-state index in [0.717, 1.165) is 48.8 Å². The summed E-state index contributed by atoms with van der Waals surface area (Å²) < 4.78 is 12.3. The Morgan fingerprint density at radius 2 is 2.07 bits per heavy atom. The van der Waals surface area contributed by atoms with Gasteiger partial charge in [-0.1, -0.05) is 26.0 Å². The van der Waals surface area contributed by atoms with E-state index in [9.17, 15) is 4.79 Å². The predicted octanol–water partition coefficient (Wildman–Crippen LogP) is 3.41. The van der Waals surface area contributed by atoms with Gasteiger partial charge < -0.3 is 14.8 Å². The number of rotatable bonds is 7. The summed E-state index contributed by atoms with van der Waals surface area (Å²) in [5.74, 6) is 1.50. The molecule has 0 amide bonds. The Kier molecular flexibility index (Phi) is 6.20. The van der Waals surface area contributed by atoms with Crippen molar-refractivity contribution in [2.75, 3.05) is 20.3 Å². The van der Waals surface area contributed by atoms with Crippen LogP contribution < -0.4 is 15.6 Å². The summed E-state index contributed by atoms with van der Waals surface area (Å²) in [6.07, 6.45) is 1.93. The van der Waals surface area contributed by atoms with Gasteiger partial charge in [-0.25, -0.2) is 9.50 Å². The van der Waals surface area contributed by atoms with E-state index in [0.29, 0.717) is 18.1 Å². The molecular formula is C23H30N4O3. The number of hydrogen-bond donors (Lipinski definition) is 2. The van der Waals surface area contributed by atoms with Crippen LogP contribution in [0.4, 0.5) is 0 Å². The van der Waals surface area contributed by atoms with E-state index in [1.54, 1.807) is 17.7 Å². The maximum absolute atomic E-state index is 12.8. The van der Waals surface area contributed by atoms with Gasteiger partial charge in [-0.2, -0.15) is 0 Å². The molecule has 1 fully saturated rings. The molecule has 30 heavy (non-hydrogen) atoms. The van der Waals surface area contributed by atoms with Crippen molar-refractivity contribution >= 4 is 5.65 Å². The van der Waals surface area contributed by atoms with Gasteiger partial charge in [-0.15, -0.1) is 0 Å². The number of hydrogen-bond acceptors (Lipinski definition) is 5. The molecule has 1 saturated heterocycles. The van der Waals surface area contributed by atoms with Crippen LogP contribution in [0.15, 0.2) is 41.2 Å². The highest BCUT2D eigenvalue weighted by Gasteiger charge is 2.22. The van der Waals surface area contributed by atoms with Crippen LogP contribution in [0.3, 0.4) is 0 Å². The average molecular weight is 411 g/mol. The summed E-state index contributed by atoms with van der Waals surface area (Å²) in [4.78, 5) is 17.6. The fourth-order valence-corrected chi connectivity index (χ4v) is 4.10. The van der Waals surface area contributed by atoms with Gasteiger partial charge in [-0.3, -0.25) is 9.89 Å². The molecule has 3 aromatic rings. The number of ether oxygens (including phenoxy) is 2. The number of methoxy groups -OCH3 is 1. The summed E-state index contributed by atoms with van der Waals surface area (Å²) in [5.41, 5.74) is 3.55. The second kappa shape index (κ2) is 9.02. The molecule has 1 aromatic carbocycles. The van der Waals surface area contributed by atoms with Crippen LogP contribution in [-0.4, -0.2) is 34.9 Å². The fraction of sp³-hybridized carbons (Fsp3) is 0.478. The van der Waals surface area contributed by atoms with Crippen molar-refractivity contribution < 1.29 is 9.47 Å². The molecule has 2 aromatic heterocycles. The highest BCUT2D eigenvalue weighted by Crippen LogP contribution is 2.27. The van der Waals surface area contributed by atoms with Gasteiger partial charge >= 0.3 is 0 Å². The standard InChI is InChI=1S/C23H30N4O3/c1-15(2)23(24-14-16-5-4-6-18(11-16)29-3)20-13-22(28)27-21(25-20)12-19(26-27)17-7-9-30-10-8-17/h4-6,11-13,15,17,23-24,26H,7-10,14H2,1-3H3/t23-/m0/s1. The van der Waals surface area contributed by atoms with E-state index in [4.69, 9.17) is 14.5 Å².